The molecule has 1 aliphatic rings. The minimum atomic E-state index is -1.38. The van der Waals surface area contributed by atoms with E-state index in [0.717, 1.165) is 24.4 Å². The summed E-state index contributed by atoms with van der Waals surface area (Å²) in [6, 6.07) is 9.53. The van der Waals surface area contributed by atoms with Crippen molar-refractivity contribution in [2.45, 2.75) is 38.3 Å². The highest BCUT2D eigenvalue weighted by Gasteiger charge is 2.24. The summed E-state index contributed by atoms with van der Waals surface area (Å²) >= 11 is 0. The number of rotatable bonds is 6. The molecule has 3 amide bonds. The Morgan fingerprint density at radius 1 is 1.21 bits per heavy atom. The topological polar surface area (TPSA) is 158 Å². The molecular weight excluding hydrogens is 438 g/mol. The number of amides is 3. The summed E-state index contributed by atoms with van der Waals surface area (Å²) in [5, 5.41) is 29.6. The average molecular weight is 468 g/mol. The Kier molecular flexibility index (Phi) is 6.40. The maximum absolute atomic E-state index is 12.9. The lowest BCUT2D eigenvalue weighted by Crippen LogP contribution is -2.46. The normalized spacial score (nSPS) is 16.3. The number of carbonyl (C=O) groups is 2. The Hall–Kier alpha value is -3.70. The van der Waals surface area contributed by atoms with E-state index in [1.807, 2.05) is 13.0 Å². The van der Waals surface area contributed by atoms with E-state index in [-0.39, 0.29) is 11.9 Å². The van der Waals surface area contributed by atoms with Crippen LogP contribution >= 0.6 is 0 Å². The van der Waals surface area contributed by atoms with Crippen LogP contribution in [0.3, 0.4) is 0 Å². The molecule has 180 valence electrons. The summed E-state index contributed by atoms with van der Waals surface area (Å²) in [5.41, 5.74) is 6.18. The molecule has 4 rings (SSSR count). The maximum atomic E-state index is 12.9. The van der Waals surface area contributed by atoms with E-state index in [4.69, 9.17) is 5.73 Å². The zero-order chi connectivity index (χ0) is 24.5. The number of nitrogens with one attached hydrogen (secondary N) is 2. The highest BCUT2D eigenvalue weighted by molar-refractivity contribution is 6.04. The zero-order valence-electron chi connectivity index (χ0n) is 19.2. The highest BCUT2D eigenvalue weighted by Crippen LogP contribution is 2.25. The number of aliphatic hydroxyl groups excluding tert-OH is 1. The van der Waals surface area contributed by atoms with E-state index >= 15 is 0 Å². The monoisotopic (exact) mass is 467 g/mol. The number of aromatic nitrogens is 3. The summed E-state index contributed by atoms with van der Waals surface area (Å²) in [6.07, 6.45) is 1.47. The third-order valence-corrected chi connectivity index (χ3v) is 6.01. The Morgan fingerprint density at radius 3 is 2.50 bits per heavy atom. The maximum Gasteiger partial charge on any atom is 0.312 e. The summed E-state index contributed by atoms with van der Waals surface area (Å²) in [5.74, 6) is 0.829. The first-order valence-corrected chi connectivity index (χ1v) is 11.1. The van der Waals surface area contributed by atoms with Gasteiger partial charge in [-0.2, -0.15) is 9.61 Å². The van der Waals surface area contributed by atoms with Crippen molar-refractivity contribution < 1.29 is 19.8 Å². The van der Waals surface area contributed by atoms with Crippen LogP contribution < -0.4 is 21.3 Å². The van der Waals surface area contributed by atoms with Crippen LogP contribution in [0.2, 0.25) is 0 Å². The van der Waals surface area contributed by atoms with Gasteiger partial charge in [-0.25, -0.2) is 9.78 Å². The molecule has 1 aromatic carbocycles. The van der Waals surface area contributed by atoms with Crippen molar-refractivity contribution in [1.29, 1.82) is 0 Å². The second-order valence-corrected chi connectivity index (χ2v) is 8.79. The van der Waals surface area contributed by atoms with Gasteiger partial charge in [0.05, 0.1) is 12.3 Å². The molecule has 0 bridgehead atoms. The van der Waals surface area contributed by atoms with Crippen LogP contribution in [-0.4, -0.2) is 62.5 Å². The van der Waals surface area contributed by atoms with Crippen LogP contribution in [0, 0.1) is 6.92 Å². The van der Waals surface area contributed by atoms with Gasteiger partial charge >= 0.3 is 6.03 Å². The first-order valence-electron chi connectivity index (χ1n) is 11.1. The SMILES string of the molecule is Cc1cc2nc(NC(=O)c3ccc([C@](C)(O)CO)cc3)cc(N3CCC(NC(N)=O)CC3)n2n1. The van der Waals surface area contributed by atoms with E-state index < -0.39 is 18.2 Å². The van der Waals surface area contributed by atoms with Crippen molar-refractivity contribution in [2.75, 3.05) is 29.9 Å². The fourth-order valence-corrected chi connectivity index (χ4v) is 4.08. The third-order valence-electron chi connectivity index (χ3n) is 6.01. The van der Waals surface area contributed by atoms with Gasteiger partial charge in [-0.1, -0.05) is 12.1 Å². The van der Waals surface area contributed by atoms with E-state index in [9.17, 15) is 19.8 Å². The number of fused-ring (bicyclic) bond motifs is 1. The van der Waals surface area contributed by atoms with Crippen molar-refractivity contribution in [3.63, 3.8) is 0 Å². The van der Waals surface area contributed by atoms with Crippen molar-refractivity contribution in [1.82, 2.24) is 19.9 Å². The van der Waals surface area contributed by atoms with Gasteiger partial charge < -0.3 is 31.5 Å². The molecule has 11 nitrogen and oxygen atoms in total. The lowest BCUT2D eigenvalue weighted by molar-refractivity contribution is -0.00229. The van der Waals surface area contributed by atoms with Crippen LogP contribution in [0.15, 0.2) is 36.4 Å². The number of nitrogens with zero attached hydrogens (tertiary/aromatic N) is 4. The first kappa shape index (κ1) is 23.5. The highest BCUT2D eigenvalue weighted by atomic mass is 16.3. The minimum absolute atomic E-state index is 0.0270. The predicted molar refractivity (Wildman–Crippen MR) is 127 cm³/mol. The molecular formula is C23H29N7O4. The average Bonchev–Trinajstić information content (AvgIpc) is 3.19. The molecule has 0 spiro atoms. The number of benzene rings is 1. The minimum Gasteiger partial charge on any atom is -0.393 e. The number of aryl methyl sites for hydroxylation is 1. The van der Waals surface area contributed by atoms with Crippen molar-refractivity contribution in [2.24, 2.45) is 5.73 Å². The van der Waals surface area contributed by atoms with Gasteiger partial charge in [0.2, 0.25) is 0 Å². The zero-order valence-corrected chi connectivity index (χ0v) is 19.2. The molecule has 34 heavy (non-hydrogen) atoms. The van der Waals surface area contributed by atoms with Gasteiger partial charge in [-0.15, -0.1) is 0 Å². The number of piperidine rings is 1. The number of urea groups is 1. The van der Waals surface area contributed by atoms with Crippen LogP contribution in [-0.2, 0) is 5.60 Å². The molecule has 3 heterocycles. The number of carbonyl (C=O) groups excluding carboxylic acids is 2. The smallest absolute Gasteiger partial charge is 0.312 e. The molecule has 0 radical (unpaired) electrons. The predicted octanol–water partition coefficient (Wildman–Crippen LogP) is 1.13. The Labute approximate surface area is 196 Å². The summed E-state index contributed by atoms with van der Waals surface area (Å²) in [4.78, 5) is 30.7. The fourth-order valence-electron chi connectivity index (χ4n) is 4.08. The number of nitrogens with two attached hydrogens (primary N) is 1. The standard InChI is InChI=1S/C23H29N7O4/c1-14-11-19-26-18(27-21(32)15-3-5-16(6-4-15)23(2,34)13-31)12-20(30(19)28-14)29-9-7-17(8-10-29)25-22(24)33/h3-6,11-12,17,31,34H,7-10,13H2,1-2H3,(H3,24,25,33)(H,26,27,32)/t23-/m1/s1. The first-order chi connectivity index (χ1) is 16.2. The van der Waals surface area contributed by atoms with Gasteiger partial charge in [0.1, 0.15) is 17.2 Å². The van der Waals surface area contributed by atoms with E-state index in [0.29, 0.717) is 35.7 Å². The Balaban J connectivity index is 1.55. The molecule has 11 heteroatoms. The van der Waals surface area contributed by atoms with Crippen molar-refractivity contribution in [3.8, 4) is 0 Å². The van der Waals surface area contributed by atoms with Gasteiger partial charge in [0, 0.05) is 36.8 Å². The molecule has 0 unspecified atom stereocenters. The van der Waals surface area contributed by atoms with Gasteiger partial charge in [0.15, 0.2) is 5.65 Å². The van der Waals surface area contributed by atoms with Gasteiger partial charge in [0.25, 0.3) is 5.91 Å². The van der Waals surface area contributed by atoms with Gasteiger partial charge in [-0.05, 0) is 44.4 Å². The Morgan fingerprint density at radius 2 is 1.88 bits per heavy atom. The molecule has 1 saturated heterocycles. The van der Waals surface area contributed by atoms with Crippen LogP contribution in [0.25, 0.3) is 5.65 Å². The summed E-state index contributed by atoms with van der Waals surface area (Å²) < 4.78 is 1.75. The molecule has 6 N–H and O–H groups in total. The van der Waals surface area contributed by atoms with Crippen LogP contribution in [0.1, 0.15) is 41.4 Å². The Bertz CT molecular complexity index is 1200. The second kappa shape index (κ2) is 9.27. The number of hydrogen-bond donors (Lipinski definition) is 5. The largest absolute Gasteiger partial charge is 0.393 e. The van der Waals surface area contributed by atoms with Crippen LogP contribution in [0.4, 0.5) is 16.4 Å². The molecule has 1 aliphatic heterocycles. The number of aliphatic hydroxyl groups is 2. The molecule has 0 saturated carbocycles. The quantitative estimate of drug-likeness (QED) is 0.363. The van der Waals surface area contributed by atoms with E-state index in [1.54, 1.807) is 34.8 Å². The number of anilines is 2. The van der Waals surface area contributed by atoms with E-state index in [2.05, 4.69) is 25.6 Å². The third kappa shape index (κ3) is 4.95. The number of hydrogen-bond acceptors (Lipinski definition) is 7. The van der Waals surface area contributed by atoms with Crippen molar-refractivity contribution in [3.05, 3.63) is 53.2 Å². The molecule has 0 aliphatic carbocycles. The summed E-state index contributed by atoms with van der Waals surface area (Å²) in [7, 11) is 0. The van der Waals surface area contributed by atoms with Gasteiger partial charge in [-0.3, -0.25) is 4.79 Å². The number of primary amides is 1. The molecule has 3 aromatic rings. The summed E-state index contributed by atoms with van der Waals surface area (Å²) in [6.45, 7) is 4.32. The molecule has 1 atom stereocenters. The second-order valence-electron chi connectivity index (χ2n) is 8.79. The molecule has 2 aromatic heterocycles. The fraction of sp³-hybridized carbons (Fsp3) is 0.391. The van der Waals surface area contributed by atoms with E-state index in [1.165, 1.54) is 6.92 Å². The van der Waals surface area contributed by atoms with Crippen molar-refractivity contribution >= 4 is 29.2 Å². The lowest BCUT2D eigenvalue weighted by atomic mass is 9.96. The molecule has 1 fully saturated rings. The van der Waals surface area contributed by atoms with Crippen LogP contribution in [0.5, 0.6) is 0 Å². The lowest BCUT2D eigenvalue weighted by Gasteiger charge is -2.33.